The molecule has 0 saturated heterocycles. The summed E-state index contributed by atoms with van der Waals surface area (Å²) in [6.45, 7) is 0. The monoisotopic (exact) mass is 298 g/mol. The largest absolute Gasteiger partial charge is 0.298 e. The van der Waals surface area contributed by atoms with E-state index in [1.807, 2.05) is 0 Å². The molecule has 6 heteroatoms. The van der Waals surface area contributed by atoms with Gasteiger partial charge in [-0.3, -0.25) is 4.79 Å². The smallest absolute Gasteiger partial charge is 0.200 e. The van der Waals surface area contributed by atoms with Gasteiger partial charge in [0.25, 0.3) is 0 Å². The third-order valence-corrected chi connectivity index (χ3v) is 2.76. The zero-order valence-electron chi connectivity index (χ0n) is 10.3. The van der Waals surface area contributed by atoms with E-state index in [4.69, 9.17) is 0 Å². The Kier molecular flexibility index (Phi) is 4.16. The molecule has 0 spiro atoms. The molecule has 0 unspecified atom stereocenters. The summed E-state index contributed by atoms with van der Waals surface area (Å²) in [6.07, 6.45) is 2.57. The summed E-state index contributed by atoms with van der Waals surface area (Å²) in [5, 5.41) is 0. The summed E-state index contributed by atoms with van der Waals surface area (Å²) in [7, 11) is 0. The van der Waals surface area contributed by atoms with Crippen molar-refractivity contribution in [1.82, 2.24) is 0 Å². The van der Waals surface area contributed by atoms with Gasteiger partial charge in [-0.05, 0) is 11.6 Å². The van der Waals surface area contributed by atoms with Crippen molar-refractivity contribution < 1.29 is 26.7 Å². The van der Waals surface area contributed by atoms with Crippen molar-refractivity contribution in [3.8, 4) is 0 Å². The highest BCUT2D eigenvalue weighted by Crippen LogP contribution is 2.24. The van der Waals surface area contributed by atoms with Gasteiger partial charge < -0.3 is 0 Å². The molecule has 2 aromatic rings. The summed E-state index contributed by atoms with van der Waals surface area (Å²) >= 11 is 0. The molecule has 0 aromatic heterocycles. The van der Waals surface area contributed by atoms with Crippen molar-refractivity contribution in [2.45, 2.75) is 0 Å². The van der Waals surface area contributed by atoms with Gasteiger partial charge in [-0.2, -0.15) is 0 Å². The van der Waals surface area contributed by atoms with Gasteiger partial charge in [0.15, 0.2) is 23.3 Å². The lowest BCUT2D eigenvalue weighted by Gasteiger charge is -2.04. The zero-order chi connectivity index (χ0) is 15.6. The van der Waals surface area contributed by atoms with E-state index in [1.54, 1.807) is 0 Å². The predicted molar refractivity (Wildman–Crippen MR) is 67.0 cm³/mol. The van der Waals surface area contributed by atoms with Crippen LogP contribution in [0.2, 0.25) is 0 Å². The second-order valence-corrected chi connectivity index (χ2v) is 4.10. The Bertz CT molecular complexity index is 691. The SMILES string of the molecule is O=Cc1ccc(/C=C/c2c(F)c(F)c(F)c(F)c2F)cc1. The first-order chi connectivity index (χ1) is 9.95. The van der Waals surface area contributed by atoms with Crippen molar-refractivity contribution in [2.75, 3.05) is 0 Å². The van der Waals surface area contributed by atoms with E-state index in [9.17, 15) is 26.7 Å². The van der Waals surface area contributed by atoms with E-state index in [1.165, 1.54) is 30.3 Å². The van der Waals surface area contributed by atoms with Crippen LogP contribution in [0.3, 0.4) is 0 Å². The Morgan fingerprint density at radius 2 is 1.05 bits per heavy atom. The predicted octanol–water partition coefficient (Wildman–Crippen LogP) is 4.37. The Labute approximate surface area is 116 Å². The van der Waals surface area contributed by atoms with Crippen LogP contribution in [0.25, 0.3) is 12.2 Å². The topological polar surface area (TPSA) is 17.1 Å². The van der Waals surface area contributed by atoms with E-state index in [2.05, 4.69) is 0 Å². The molecule has 0 atom stereocenters. The lowest BCUT2D eigenvalue weighted by atomic mass is 10.1. The minimum Gasteiger partial charge on any atom is -0.298 e. The molecule has 0 amide bonds. The van der Waals surface area contributed by atoms with E-state index in [0.717, 1.165) is 6.08 Å². The third kappa shape index (κ3) is 2.84. The van der Waals surface area contributed by atoms with E-state index in [-0.39, 0.29) is 0 Å². The molecule has 21 heavy (non-hydrogen) atoms. The average Bonchev–Trinajstić information content (AvgIpc) is 2.51. The first kappa shape index (κ1) is 14.9. The average molecular weight is 298 g/mol. The van der Waals surface area contributed by atoms with Crippen LogP contribution in [0.5, 0.6) is 0 Å². The number of aldehydes is 1. The first-order valence-corrected chi connectivity index (χ1v) is 5.70. The second-order valence-electron chi connectivity index (χ2n) is 4.10. The van der Waals surface area contributed by atoms with Gasteiger partial charge in [-0.15, -0.1) is 0 Å². The Morgan fingerprint density at radius 3 is 1.52 bits per heavy atom. The van der Waals surface area contributed by atoms with Gasteiger partial charge in [0.05, 0.1) is 5.56 Å². The van der Waals surface area contributed by atoms with Crippen molar-refractivity contribution in [1.29, 1.82) is 0 Å². The van der Waals surface area contributed by atoms with Gasteiger partial charge in [-0.1, -0.05) is 30.3 Å². The maximum Gasteiger partial charge on any atom is 0.200 e. The lowest BCUT2D eigenvalue weighted by Crippen LogP contribution is -2.03. The maximum atomic E-state index is 13.4. The Morgan fingerprint density at radius 1 is 0.619 bits per heavy atom. The van der Waals surface area contributed by atoms with Crippen LogP contribution in [0.15, 0.2) is 24.3 Å². The molecule has 0 fully saturated rings. The van der Waals surface area contributed by atoms with Gasteiger partial charge in [-0.25, -0.2) is 22.0 Å². The van der Waals surface area contributed by atoms with Crippen molar-refractivity contribution in [3.05, 3.63) is 70.0 Å². The zero-order valence-corrected chi connectivity index (χ0v) is 10.3. The lowest BCUT2D eigenvalue weighted by molar-refractivity contribution is 0.112. The van der Waals surface area contributed by atoms with Crippen LogP contribution in [-0.2, 0) is 0 Å². The van der Waals surface area contributed by atoms with Crippen LogP contribution in [0.4, 0.5) is 22.0 Å². The quantitative estimate of drug-likeness (QED) is 0.270. The molecule has 108 valence electrons. The molecule has 1 nitrogen and oxygen atoms in total. The summed E-state index contributed by atoms with van der Waals surface area (Å²) in [5.74, 6) is -9.98. The molecule has 0 bridgehead atoms. The minimum atomic E-state index is -2.20. The summed E-state index contributed by atoms with van der Waals surface area (Å²) in [4.78, 5) is 10.5. The molecule has 0 saturated carbocycles. The molecule has 0 heterocycles. The van der Waals surface area contributed by atoms with Crippen LogP contribution in [0, 0.1) is 29.1 Å². The van der Waals surface area contributed by atoms with Crippen LogP contribution >= 0.6 is 0 Å². The van der Waals surface area contributed by atoms with E-state index >= 15 is 0 Å². The highest BCUT2D eigenvalue weighted by Gasteiger charge is 2.24. The fourth-order valence-electron chi connectivity index (χ4n) is 1.63. The fraction of sp³-hybridized carbons (Fsp3) is 0. The number of hydrogen-bond acceptors (Lipinski definition) is 1. The van der Waals surface area contributed by atoms with Gasteiger partial charge in [0, 0.05) is 5.56 Å². The van der Waals surface area contributed by atoms with Crippen LogP contribution in [0.1, 0.15) is 21.5 Å². The maximum absolute atomic E-state index is 13.4. The highest BCUT2D eigenvalue weighted by molar-refractivity contribution is 5.76. The molecular formula is C15H7F5O. The molecule has 0 N–H and O–H groups in total. The summed E-state index contributed by atoms with van der Waals surface area (Å²) in [6, 6.07) is 5.83. The Balaban J connectivity index is 2.43. The van der Waals surface area contributed by atoms with E-state index in [0.29, 0.717) is 17.4 Å². The van der Waals surface area contributed by atoms with Crippen molar-refractivity contribution >= 4 is 18.4 Å². The van der Waals surface area contributed by atoms with Crippen LogP contribution < -0.4 is 0 Å². The van der Waals surface area contributed by atoms with Gasteiger partial charge >= 0.3 is 0 Å². The first-order valence-electron chi connectivity index (χ1n) is 5.70. The number of benzene rings is 2. The van der Waals surface area contributed by atoms with E-state index < -0.39 is 34.6 Å². The molecule has 2 rings (SSSR count). The third-order valence-electron chi connectivity index (χ3n) is 2.76. The second kappa shape index (κ2) is 5.87. The Hall–Kier alpha value is -2.50. The minimum absolute atomic E-state index is 0.392. The number of hydrogen-bond donors (Lipinski definition) is 0. The number of carbonyl (C=O) groups excluding carboxylic acids is 1. The molecule has 2 aromatic carbocycles. The number of carbonyl (C=O) groups is 1. The number of rotatable bonds is 3. The standard InChI is InChI=1S/C15H7F5O/c16-11-10(12(17)14(19)15(20)13(11)18)6-5-8-1-3-9(7-21)4-2-8/h1-7H/b6-5+. The van der Waals surface area contributed by atoms with Crippen molar-refractivity contribution in [2.24, 2.45) is 0 Å². The molecular weight excluding hydrogens is 291 g/mol. The molecule has 0 aliphatic heterocycles. The van der Waals surface area contributed by atoms with Gasteiger partial charge in [0.2, 0.25) is 5.82 Å². The molecule has 0 aliphatic carbocycles. The summed E-state index contributed by atoms with van der Waals surface area (Å²) < 4.78 is 65.7. The number of halogens is 5. The van der Waals surface area contributed by atoms with Crippen molar-refractivity contribution in [3.63, 3.8) is 0 Å². The normalized spacial score (nSPS) is 11.1. The van der Waals surface area contributed by atoms with Gasteiger partial charge in [0.1, 0.15) is 6.29 Å². The summed E-state index contributed by atoms with van der Waals surface area (Å²) in [5.41, 5.74) is -0.196. The highest BCUT2D eigenvalue weighted by atomic mass is 19.2. The fourth-order valence-corrected chi connectivity index (χ4v) is 1.63. The molecule has 0 aliphatic rings. The molecule has 0 radical (unpaired) electrons. The van der Waals surface area contributed by atoms with Crippen LogP contribution in [-0.4, -0.2) is 6.29 Å².